The standard InChI is InChI=1S/C19H27FN4O3/c1-12-10-15(20)2-3-16(12)19(17(21)25)11-14(13-4-7-23-8-5-13)6-9-24(19)27-18(22)26/h2-3,10,13-14,23H,4-9,11H2,1H3,(H2,21,25)(H2,22,26). The summed E-state index contributed by atoms with van der Waals surface area (Å²) >= 11 is 0. The maximum Gasteiger partial charge on any atom is 0.423 e. The molecule has 3 rings (SSSR count). The number of carbonyl (C=O) groups is 2. The van der Waals surface area contributed by atoms with Crippen molar-refractivity contribution in [1.29, 1.82) is 0 Å². The van der Waals surface area contributed by atoms with E-state index in [1.165, 1.54) is 17.2 Å². The first kappa shape index (κ1) is 19.6. The van der Waals surface area contributed by atoms with Crippen LogP contribution >= 0.6 is 0 Å². The molecule has 1 aromatic rings. The van der Waals surface area contributed by atoms with E-state index in [2.05, 4.69) is 5.32 Å². The van der Waals surface area contributed by atoms with Crippen LogP contribution in [0, 0.1) is 24.6 Å². The summed E-state index contributed by atoms with van der Waals surface area (Å²) in [4.78, 5) is 29.5. The van der Waals surface area contributed by atoms with Gasteiger partial charge < -0.3 is 21.6 Å². The van der Waals surface area contributed by atoms with Crippen LogP contribution in [0.25, 0.3) is 0 Å². The largest absolute Gasteiger partial charge is 0.423 e. The number of amides is 2. The van der Waals surface area contributed by atoms with Crippen LogP contribution in [0.3, 0.4) is 0 Å². The van der Waals surface area contributed by atoms with Crippen LogP contribution in [0.15, 0.2) is 18.2 Å². The normalized spacial score (nSPS) is 27.3. The Morgan fingerprint density at radius 2 is 1.93 bits per heavy atom. The molecule has 2 unspecified atom stereocenters. The number of hydrogen-bond donors (Lipinski definition) is 3. The van der Waals surface area contributed by atoms with Gasteiger partial charge >= 0.3 is 6.09 Å². The van der Waals surface area contributed by atoms with Gasteiger partial charge in [0.1, 0.15) is 5.82 Å². The molecule has 2 atom stereocenters. The number of nitrogens with zero attached hydrogens (tertiary/aromatic N) is 1. The monoisotopic (exact) mass is 378 g/mol. The summed E-state index contributed by atoms with van der Waals surface area (Å²) in [7, 11) is 0. The third kappa shape index (κ3) is 3.77. The maximum atomic E-state index is 13.7. The lowest BCUT2D eigenvalue weighted by atomic mass is 9.69. The zero-order valence-electron chi connectivity index (χ0n) is 15.5. The molecule has 8 heteroatoms. The minimum absolute atomic E-state index is 0.247. The van der Waals surface area contributed by atoms with E-state index in [1.54, 1.807) is 13.0 Å². The molecule has 2 saturated heterocycles. The molecule has 148 valence electrons. The number of hydroxylamine groups is 2. The van der Waals surface area contributed by atoms with E-state index in [1.807, 2.05) is 0 Å². The second-order valence-corrected chi connectivity index (χ2v) is 7.54. The van der Waals surface area contributed by atoms with Gasteiger partial charge in [0.2, 0.25) is 5.91 Å². The molecular formula is C19H27FN4O3. The highest BCUT2D eigenvalue weighted by atomic mass is 19.1. The van der Waals surface area contributed by atoms with Crippen molar-refractivity contribution in [3.05, 3.63) is 35.1 Å². The molecule has 0 aromatic heterocycles. The number of benzene rings is 1. The van der Waals surface area contributed by atoms with Crippen molar-refractivity contribution in [3.8, 4) is 0 Å². The summed E-state index contributed by atoms with van der Waals surface area (Å²) in [5.74, 6) is -0.320. The maximum absolute atomic E-state index is 13.7. The van der Waals surface area contributed by atoms with Crippen molar-refractivity contribution in [2.45, 2.75) is 38.1 Å². The number of nitrogens with one attached hydrogen (secondary N) is 1. The van der Waals surface area contributed by atoms with Crippen LogP contribution in [-0.4, -0.2) is 36.7 Å². The first-order valence-electron chi connectivity index (χ1n) is 9.37. The molecule has 27 heavy (non-hydrogen) atoms. The number of halogens is 1. The van der Waals surface area contributed by atoms with E-state index in [9.17, 15) is 14.0 Å². The first-order valence-corrected chi connectivity index (χ1v) is 9.37. The van der Waals surface area contributed by atoms with Crippen LogP contribution < -0.4 is 16.8 Å². The van der Waals surface area contributed by atoms with Gasteiger partial charge in [-0.15, -0.1) is 5.06 Å². The second-order valence-electron chi connectivity index (χ2n) is 7.54. The highest BCUT2D eigenvalue weighted by molar-refractivity contribution is 5.87. The lowest BCUT2D eigenvalue weighted by Crippen LogP contribution is -2.60. The molecule has 2 aliphatic heterocycles. The summed E-state index contributed by atoms with van der Waals surface area (Å²) in [6.45, 7) is 3.96. The summed E-state index contributed by atoms with van der Waals surface area (Å²) in [5.41, 5.74) is 10.9. The van der Waals surface area contributed by atoms with Crippen LogP contribution in [-0.2, 0) is 15.2 Å². The Bertz CT molecular complexity index is 723. The number of aryl methyl sites for hydroxylation is 1. The zero-order chi connectivity index (χ0) is 19.6. The fourth-order valence-corrected chi connectivity index (χ4v) is 4.70. The summed E-state index contributed by atoms with van der Waals surface area (Å²) in [5, 5.41) is 4.65. The van der Waals surface area contributed by atoms with Crippen LogP contribution in [0.2, 0.25) is 0 Å². The second kappa shape index (κ2) is 7.82. The van der Waals surface area contributed by atoms with E-state index >= 15 is 0 Å². The van der Waals surface area contributed by atoms with Crippen LogP contribution in [0.5, 0.6) is 0 Å². The fourth-order valence-electron chi connectivity index (χ4n) is 4.70. The van der Waals surface area contributed by atoms with Crippen molar-refractivity contribution in [2.24, 2.45) is 23.3 Å². The number of hydrogen-bond acceptors (Lipinski definition) is 5. The Morgan fingerprint density at radius 3 is 2.52 bits per heavy atom. The number of carbonyl (C=O) groups excluding carboxylic acids is 2. The summed E-state index contributed by atoms with van der Waals surface area (Å²) < 4.78 is 13.7. The van der Waals surface area contributed by atoms with E-state index in [4.69, 9.17) is 16.3 Å². The van der Waals surface area contributed by atoms with E-state index < -0.39 is 23.4 Å². The van der Waals surface area contributed by atoms with Gasteiger partial charge in [0.15, 0.2) is 5.54 Å². The van der Waals surface area contributed by atoms with Crippen molar-refractivity contribution in [3.63, 3.8) is 0 Å². The number of piperidine rings is 2. The van der Waals surface area contributed by atoms with Crippen LogP contribution in [0.4, 0.5) is 9.18 Å². The number of rotatable bonds is 4. The summed E-state index contributed by atoms with van der Waals surface area (Å²) in [6, 6.07) is 4.21. The van der Waals surface area contributed by atoms with Gasteiger partial charge in [0, 0.05) is 6.54 Å². The molecule has 2 fully saturated rings. The minimum atomic E-state index is -1.36. The molecule has 2 aliphatic rings. The Labute approximate surface area is 158 Å². The van der Waals surface area contributed by atoms with E-state index in [-0.39, 0.29) is 5.92 Å². The number of nitrogens with two attached hydrogens (primary N) is 2. The average molecular weight is 378 g/mol. The SMILES string of the molecule is Cc1cc(F)ccc1C1(C(N)=O)CC(C2CCNCC2)CCN1OC(N)=O. The van der Waals surface area contributed by atoms with Crippen LogP contribution in [0.1, 0.15) is 36.8 Å². The molecule has 2 heterocycles. The number of primary amides is 2. The lowest BCUT2D eigenvalue weighted by molar-refractivity contribution is -0.206. The highest BCUT2D eigenvalue weighted by Crippen LogP contribution is 2.45. The highest BCUT2D eigenvalue weighted by Gasteiger charge is 2.52. The smallest absolute Gasteiger partial charge is 0.368 e. The Hall–Kier alpha value is -2.19. The lowest BCUT2D eigenvalue weighted by Gasteiger charge is -2.48. The molecule has 1 aromatic carbocycles. The molecular weight excluding hydrogens is 351 g/mol. The van der Waals surface area contributed by atoms with Gasteiger partial charge in [0.25, 0.3) is 0 Å². The van der Waals surface area contributed by atoms with Crippen molar-refractivity contribution < 1.29 is 18.8 Å². The average Bonchev–Trinajstić information content (AvgIpc) is 2.62. The van der Waals surface area contributed by atoms with Gasteiger partial charge in [-0.25, -0.2) is 9.18 Å². The molecule has 7 nitrogen and oxygen atoms in total. The third-order valence-corrected chi connectivity index (χ3v) is 5.98. The molecule has 2 amide bonds. The van der Waals surface area contributed by atoms with Gasteiger partial charge in [-0.05, 0) is 80.8 Å². The molecule has 0 aliphatic carbocycles. The van der Waals surface area contributed by atoms with Gasteiger partial charge in [-0.3, -0.25) is 4.79 Å². The predicted molar refractivity (Wildman–Crippen MR) is 97.7 cm³/mol. The quantitative estimate of drug-likeness (QED) is 0.736. The predicted octanol–water partition coefficient (Wildman–Crippen LogP) is 1.54. The Morgan fingerprint density at radius 1 is 1.22 bits per heavy atom. The molecule has 0 saturated carbocycles. The van der Waals surface area contributed by atoms with E-state index in [0.717, 1.165) is 32.4 Å². The van der Waals surface area contributed by atoms with Gasteiger partial charge in [-0.1, -0.05) is 6.07 Å². The van der Waals surface area contributed by atoms with Gasteiger partial charge in [0.05, 0.1) is 0 Å². The van der Waals surface area contributed by atoms with E-state index in [0.29, 0.717) is 30.0 Å². The van der Waals surface area contributed by atoms with Crippen molar-refractivity contribution in [2.75, 3.05) is 19.6 Å². The first-order chi connectivity index (χ1) is 12.8. The fraction of sp³-hybridized carbons (Fsp3) is 0.579. The molecule has 0 spiro atoms. The molecule has 5 N–H and O–H groups in total. The topological polar surface area (TPSA) is 111 Å². The molecule has 0 radical (unpaired) electrons. The third-order valence-electron chi connectivity index (χ3n) is 5.98. The Balaban J connectivity index is 2.04. The Kier molecular flexibility index (Phi) is 5.67. The van der Waals surface area contributed by atoms with Gasteiger partial charge in [-0.2, -0.15) is 0 Å². The zero-order valence-corrected chi connectivity index (χ0v) is 15.5. The van der Waals surface area contributed by atoms with Crippen molar-refractivity contribution in [1.82, 2.24) is 10.4 Å². The minimum Gasteiger partial charge on any atom is -0.368 e. The summed E-state index contributed by atoms with van der Waals surface area (Å²) in [6.07, 6.45) is 2.23. The molecule has 0 bridgehead atoms. The van der Waals surface area contributed by atoms with Crippen molar-refractivity contribution >= 4 is 12.0 Å².